The van der Waals surface area contributed by atoms with Crippen molar-refractivity contribution in [1.29, 1.82) is 0 Å². The Morgan fingerprint density at radius 2 is 2.04 bits per heavy atom. The topological polar surface area (TPSA) is 67.2 Å². The van der Waals surface area contributed by atoms with E-state index >= 15 is 0 Å². The zero-order valence-corrected chi connectivity index (χ0v) is 14.3. The second-order valence-corrected chi connectivity index (χ2v) is 7.81. The summed E-state index contributed by atoms with van der Waals surface area (Å²) in [5.41, 5.74) is 2.73. The molecule has 0 saturated heterocycles. The van der Waals surface area contributed by atoms with Gasteiger partial charge < -0.3 is 0 Å². The molecule has 1 aromatic carbocycles. The number of aromatic nitrogens is 2. The van der Waals surface area contributed by atoms with Gasteiger partial charge in [0.05, 0.1) is 6.20 Å². The molecule has 0 bridgehead atoms. The second-order valence-electron chi connectivity index (χ2n) is 6.04. The molecule has 23 heavy (non-hydrogen) atoms. The number of nitrogens with zero attached hydrogens (tertiary/aromatic N) is 3. The third kappa shape index (κ3) is 3.63. The Bertz CT molecular complexity index is 785. The van der Waals surface area contributed by atoms with Gasteiger partial charge in [0.25, 0.3) is 0 Å². The number of sulfonamides is 1. The summed E-state index contributed by atoms with van der Waals surface area (Å²) in [7, 11) is -1.79. The minimum absolute atomic E-state index is 0.134. The van der Waals surface area contributed by atoms with E-state index in [1.807, 2.05) is 0 Å². The number of hydrogen-bond donors (Lipinski definition) is 1. The summed E-state index contributed by atoms with van der Waals surface area (Å²) in [5.74, 6) is 0. The van der Waals surface area contributed by atoms with E-state index in [9.17, 15) is 8.42 Å². The van der Waals surface area contributed by atoms with Gasteiger partial charge in [-0.15, -0.1) is 0 Å². The van der Waals surface area contributed by atoms with Crippen LogP contribution in [0, 0.1) is 0 Å². The standard InChI is InChI=1S/C16H22N4O2S/c1-13(9-18-23(21,22)16-10-17-19(2)12-16)20-8-7-14-5-3-4-6-15(14)11-20/h3-6,10,12-13,18H,7-9,11H2,1-2H3. The van der Waals surface area contributed by atoms with Crippen molar-refractivity contribution in [3.63, 3.8) is 0 Å². The molecule has 7 heteroatoms. The van der Waals surface area contributed by atoms with Gasteiger partial charge in [0.1, 0.15) is 4.90 Å². The normalized spacial score (nSPS) is 17.0. The Morgan fingerprint density at radius 3 is 2.74 bits per heavy atom. The van der Waals surface area contributed by atoms with Crippen molar-refractivity contribution in [2.24, 2.45) is 7.05 Å². The first-order valence-electron chi connectivity index (χ1n) is 7.75. The first kappa shape index (κ1) is 16.2. The van der Waals surface area contributed by atoms with Crippen LogP contribution in [-0.2, 0) is 30.0 Å². The van der Waals surface area contributed by atoms with Gasteiger partial charge in [0.15, 0.2) is 0 Å². The van der Waals surface area contributed by atoms with Gasteiger partial charge in [-0.3, -0.25) is 9.58 Å². The highest BCUT2D eigenvalue weighted by atomic mass is 32.2. The van der Waals surface area contributed by atoms with Gasteiger partial charge in [-0.05, 0) is 24.5 Å². The summed E-state index contributed by atoms with van der Waals surface area (Å²) in [5, 5.41) is 3.91. The minimum atomic E-state index is -3.49. The molecule has 2 heterocycles. The maximum Gasteiger partial charge on any atom is 0.243 e. The molecule has 2 aromatic rings. The van der Waals surface area contributed by atoms with Gasteiger partial charge in [-0.2, -0.15) is 5.10 Å². The smallest absolute Gasteiger partial charge is 0.243 e. The lowest BCUT2D eigenvalue weighted by atomic mass is 9.99. The number of benzene rings is 1. The van der Waals surface area contributed by atoms with Crippen molar-refractivity contribution in [3.8, 4) is 0 Å². The van der Waals surface area contributed by atoms with Gasteiger partial charge in [-0.25, -0.2) is 13.1 Å². The monoisotopic (exact) mass is 334 g/mol. The van der Waals surface area contributed by atoms with Crippen molar-refractivity contribution in [1.82, 2.24) is 19.4 Å². The molecule has 0 fully saturated rings. The van der Waals surface area contributed by atoms with E-state index in [2.05, 4.69) is 45.9 Å². The summed E-state index contributed by atoms with van der Waals surface area (Å²) in [6.07, 6.45) is 3.88. The molecule has 0 radical (unpaired) electrons. The first-order valence-corrected chi connectivity index (χ1v) is 9.23. The van der Waals surface area contributed by atoms with Crippen molar-refractivity contribution >= 4 is 10.0 Å². The van der Waals surface area contributed by atoms with E-state index in [0.29, 0.717) is 6.54 Å². The fourth-order valence-corrected chi connectivity index (χ4v) is 3.98. The third-order valence-corrected chi connectivity index (χ3v) is 5.72. The number of rotatable bonds is 5. The molecule has 0 amide bonds. The van der Waals surface area contributed by atoms with Crippen LogP contribution in [0.5, 0.6) is 0 Å². The van der Waals surface area contributed by atoms with Gasteiger partial charge in [0.2, 0.25) is 10.0 Å². The number of fused-ring (bicyclic) bond motifs is 1. The lowest BCUT2D eigenvalue weighted by Crippen LogP contribution is -2.44. The van der Waals surface area contributed by atoms with E-state index < -0.39 is 10.0 Å². The molecular weight excluding hydrogens is 312 g/mol. The fraction of sp³-hybridized carbons (Fsp3) is 0.438. The summed E-state index contributed by atoms with van der Waals surface area (Å²) in [6.45, 7) is 4.26. The van der Waals surface area contributed by atoms with Gasteiger partial charge >= 0.3 is 0 Å². The van der Waals surface area contributed by atoms with Gasteiger partial charge in [0, 0.05) is 38.9 Å². The van der Waals surface area contributed by atoms with Crippen molar-refractivity contribution in [2.45, 2.75) is 30.8 Å². The van der Waals surface area contributed by atoms with E-state index in [4.69, 9.17) is 0 Å². The van der Waals surface area contributed by atoms with Crippen LogP contribution in [0.25, 0.3) is 0 Å². The Hall–Kier alpha value is -1.70. The minimum Gasteiger partial charge on any atom is -0.295 e. The molecule has 0 saturated carbocycles. The van der Waals surface area contributed by atoms with Crippen LogP contribution >= 0.6 is 0 Å². The van der Waals surface area contributed by atoms with E-state index in [0.717, 1.165) is 19.5 Å². The zero-order chi connectivity index (χ0) is 16.4. The maximum absolute atomic E-state index is 12.2. The third-order valence-electron chi connectivity index (χ3n) is 4.34. The Kier molecular flexibility index (Phi) is 4.52. The Balaban J connectivity index is 1.61. The molecule has 1 atom stereocenters. The molecule has 1 N–H and O–H groups in total. The van der Waals surface area contributed by atoms with Crippen LogP contribution < -0.4 is 4.72 Å². The molecule has 0 spiro atoms. The molecule has 1 aliphatic heterocycles. The Labute approximate surface area is 137 Å². The summed E-state index contributed by atoms with van der Waals surface area (Å²) in [4.78, 5) is 2.52. The van der Waals surface area contributed by atoms with Crippen LogP contribution in [0.4, 0.5) is 0 Å². The molecule has 1 aromatic heterocycles. The SMILES string of the molecule is CC(CNS(=O)(=O)c1cnn(C)c1)N1CCc2ccccc2C1. The van der Waals surface area contributed by atoms with Crippen molar-refractivity contribution in [3.05, 3.63) is 47.8 Å². The van der Waals surface area contributed by atoms with E-state index in [1.165, 1.54) is 28.2 Å². The Morgan fingerprint density at radius 1 is 1.30 bits per heavy atom. The number of hydrogen-bond acceptors (Lipinski definition) is 4. The van der Waals surface area contributed by atoms with Gasteiger partial charge in [-0.1, -0.05) is 24.3 Å². The predicted molar refractivity (Wildman–Crippen MR) is 88.4 cm³/mol. The van der Waals surface area contributed by atoms with Crippen molar-refractivity contribution < 1.29 is 8.42 Å². The van der Waals surface area contributed by atoms with Crippen LogP contribution in [0.2, 0.25) is 0 Å². The molecule has 3 rings (SSSR count). The summed E-state index contributed by atoms with van der Waals surface area (Å²) < 4.78 is 28.7. The van der Waals surface area contributed by atoms with Crippen molar-refractivity contribution in [2.75, 3.05) is 13.1 Å². The fourth-order valence-electron chi connectivity index (χ4n) is 2.87. The van der Waals surface area contributed by atoms with Crippen LogP contribution in [0.3, 0.4) is 0 Å². The lowest BCUT2D eigenvalue weighted by molar-refractivity contribution is 0.192. The largest absolute Gasteiger partial charge is 0.295 e. The zero-order valence-electron chi connectivity index (χ0n) is 13.4. The average molecular weight is 334 g/mol. The highest BCUT2D eigenvalue weighted by Gasteiger charge is 2.23. The molecule has 124 valence electrons. The summed E-state index contributed by atoms with van der Waals surface area (Å²) in [6, 6.07) is 8.57. The summed E-state index contributed by atoms with van der Waals surface area (Å²) >= 11 is 0. The molecule has 6 nitrogen and oxygen atoms in total. The highest BCUT2D eigenvalue weighted by Crippen LogP contribution is 2.20. The molecule has 1 aliphatic rings. The average Bonchev–Trinajstić information content (AvgIpc) is 2.99. The second kappa shape index (κ2) is 6.43. The van der Waals surface area contributed by atoms with E-state index in [-0.39, 0.29) is 10.9 Å². The number of aryl methyl sites for hydroxylation is 1. The first-order chi connectivity index (χ1) is 11.0. The quantitative estimate of drug-likeness (QED) is 0.891. The lowest BCUT2D eigenvalue weighted by Gasteiger charge is -2.33. The van der Waals surface area contributed by atoms with E-state index in [1.54, 1.807) is 7.05 Å². The van der Waals surface area contributed by atoms with Crippen LogP contribution in [0.1, 0.15) is 18.1 Å². The van der Waals surface area contributed by atoms with Crippen LogP contribution in [-0.4, -0.2) is 42.2 Å². The molecule has 0 aliphatic carbocycles. The maximum atomic E-state index is 12.2. The number of nitrogens with one attached hydrogen (secondary N) is 1. The molecule has 1 unspecified atom stereocenters. The van der Waals surface area contributed by atoms with Crippen LogP contribution in [0.15, 0.2) is 41.6 Å². The highest BCUT2D eigenvalue weighted by molar-refractivity contribution is 7.89. The predicted octanol–water partition coefficient (Wildman–Crippen LogP) is 1.15. The molecular formula is C16H22N4O2S.